The van der Waals surface area contributed by atoms with Gasteiger partial charge in [-0.3, -0.25) is 0 Å². The molecular formula is C3H4Cl2O2. The van der Waals surface area contributed by atoms with Gasteiger partial charge in [0.2, 0.25) is 0 Å². The summed E-state index contributed by atoms with van der Waals surface area (Å²) in [6.07, 6.45) is 0. The molecule has 4 heteroatoms. The third-order valence-corrected chi connectivity index (χ3v) is 0.433. The van der Waals surface area contributed by atoms with Crippen LogP contribution in [0, 0.1) is 0 Å². The average Bonchev–Trinajstić information content (AvgIpc) is 1.27. The number of carbonyl (C=O) groups is 1. The number of hydrogen-bond donors (Lipinski definition) is 0. The molecule has 0 aromatic rings. The first-order valence-corrected chi connectivity index (χ1v) is 2.44. The first-order chi connectivity index (χ1) is 3.13. The van der Waals surface area contributed by atoms with Crippen LogP contribution in [0.3, 0.4) is 0 Å². The minimum Gasteiger partial charge on any atom is -0.434 e. The standard InChI is InChI=1S/C3H4Cl2O2/c1-2(4)7-3(5)6/h2H,1H3/t2-/m0/s1. The van der Waals surface area contributed by atoms with Gasteiger partial charge in [-0.25, -0.2) is 4.79 Å². The van der Waals surface area contributed by atoms with Crippen LogP contribution in [0.2, 0.25) is 0 Å². The lowest BCUT2D eigenvalue weighted by Crippen LogP contribution is -1.99. The van der Waals surface area contributed by atoms with Crippen molar-refractivity contribution >= 4 is 28.6 Å². The summed E-state index contributed by atoms with van der Waals surface area (Å²) in [5.74, 6) is 0. The molecule has 1 atom stereocenters. The molecule has 0 rings (SSSR count). The van der Waals surface area contributed by atoms with E-state index in [9.17, 15) is 4.79 Å². The maximum absolute atomic E-state index is 9.71. The summed E-state index contributed by atoms with van der Waals surface area (Å²) >= 11 is 9.87. The lowest BCUT2D eigenvalue weighted by atomic mass is 10.9. The molecule has 0 saturated carbocycles. The maximum atomic E-state index is 9.71. The molecule has 0 heterocycles. The van der Waals surface area contributed by atoms with Gasteiger partial charge in [0.05, 0.1) is 0 Å². The summed E-state index contributed by atoms with van der Waals surface area (Å²) < 4.78 is 4.14. The molecule has 42 valence electrons. The number of rotatable bonds is 1. The molecule has 0 aliphatic rings. The van der Waals surface area contributed by atoms with E-state index in [0.29, 0.717) is 0 Å². The molecule has 0 spiro atoms. The molecule has 0 saturated heterocycles. The largest absolute Gasteiger partial charge is 0.434 e. The molecule has 0 aromatic carbocycles. The van der Waals surface area contributed by atoms with E-state index in [4.69, 9.17) is 23.2 Å². The number of halogens is 2. The van der Waals surface area contributed by atoms with E-state index in [0.717, 1.165) is 0 Å². The van der Waals surface area contributed by atoms with Crippen molar-refractivity contribution in [1.82, 2.24) is 0 Å². The number of carbonyl (C=O) groups excluding carboxylic acids is 1. The monoisotopic (exact) mass is 142 g/mol. The van der Waals surface area contributed by atoms with Crippen molar-refractivity contribution in [3.63, 3.8) is 0 Å². The van der Waals surface area contributed by atoms with E-state index in [1.165, 1.54) is 6.92 Å². The highest BCUT2D eigenvalue weighted by molar-refractivity contribution is 6.61. The van der Waals surface area contributed by atoms with E-state index in [1.54, 1.807) is 0 Å². The van der Waals surface area contributed by atoms with Gasteiger partial charge < -0.3 is 4.74 Å². The molecule has 0 radical (unpaired) electrons. The van der Waals surface area contributed by atoms with Crippen molar-refractivity contribution in [2.75, 3.05) is 0 Å². The van der Waals surface area contributed by atoms with Crippen LogP contribution in [0.4, 0.5) is 4.79 Å². The van der Waals surface area contributed by atoms with Crippen LogP contribution >= 0.6 is 23.2 Å². The maximum Gasteiger partial charge on any atom is 0.405 e. The van der Waals surface area contributed by atoms with Gasteiger partial charge in [0.15, 0.2) is 5.56 Å². The Kier molecular flexibility index (Phi) is 3.13. The molecule has 0 N–H and O–H groups in total. The van der Waals surface area contributed by atoms with Crippen LogP contribution in [-0.4, -0.2) is 11.0 Å². The van der Waals surface area contributed by atoms with Crippen molar-refractivity contribution in [3.05, 3.63) is 0 Å². The molecular weight excluding hydrogens is 139 g/mol. The van der Waals surface area contributed by atoms with Crippen LogP contribution in [0.1, 0.15) is 6.92 Å². The molecule has 2 nitrogen and oxygen atoms in total. The summed E-state index contributed by atoms with van der Waals surface area (Å²) in [6.45, 7) is 1.50. The molecule has 0 aliphatic heterocycles. The van der Waals surface area contributed by atoms with Gasteiger partial charge in [0.25, 0.3) is 0 Å². The molecule has 0 aliphatic carbocycles. The van der Waals surface area contributed by atoms with Gasteiger partial charge in [0.1, 0.15) is 0 Å². The smallest absolute Gasteiger partial charge is 0.405 e. The SMILES string of the molecule is C[C@@H](Cl)OC(=O)Cl. The third kappa shape index (κ3) is 6.05. The lowest BCUT2D eigenvalue weighted by molar-refractivity contribution is 0.166. The number of alkyl halides is 1. The second-order valence-electron chi connectivity index (χ2n) is 0.898. The average molecular weight is 143 g/mol. The van der Waals surface area contributed by atoms with Crippen molar-refractivity contribution in [2.45, 2.75) is 12.5 Å². The van der Waals surface area contributed by atoms with Crippen LogP contribution in [0.5, 0.6) is 0 Å². The zero-order chi connectivity index (χ0) is 5.86. The van der Waals surface area contributed by atoms with Crippen LogP contribution in [0.15, 0.2) is 0 Å². The Bertz CT molecular complexity index is 71.3. The summed E-state index contributed by atoms with van der Waals surface area (Å²) in [6, 6.07) is 0. The summed E-state index contributed by atoms with van der Waals surface area (Å²) in [7, 11) is 0. The van der Waals surface area contributed by atoms with Gasteiger partial charge in [-0.2, -0.15) is 0 Å². The summed E-state index contributed by atoms with van der Waals surface area (Å²) in [5, 5.41) is 0. The summed E-state index contributed by atoms with van der Waals surface area (Å²) in [5.41, 5.74) is -1.51. The van der Waals surface area contributed by atoms with Gasteiger partial charge >= 0.3 is 5.43 Å². The van der Waals surface area contributed by atoms with E-state index < -0.39 is 11.0 Å². The van der Waals surface area contributed by atoms with Crippen LogP contribution in [-0.2, 0) is 4.74 Å². The van der Waals surface area contributed by atoms with Gasteiger partial charge in [-0.05, 0) is 6.92 Å². The Morgan fingerprint density at radius 3 is 2.29 bits per heavy atom. The Balaban J connectivity index is 3.13. The molecule has 7 heavy (non-hydrogen) atoms. The number of hydrogen-bond acceptors (Lipinski definition) is 2. The van der Waals surface area contributed by atoms with E-state index in [-0.39, 0.29) is 0 Å². The fourth-order valence-electron chi connectivity index (χ4n) is 0.128. The Hall–Kier alpha value is 0.0500. The third-order valence-electron chi connectivity index (χ3n) is 0.255. The van der Waals surface area contributed by atoms with Crippen molar-refractivity contribution in [2.24, 2.45) is 0 Å². The van der Waals surface area contributed by atoms with Crippen LogP contribution < -0.4 is 0 Å². The number of ether oxygens (including phenoxy) is 1. The molecule has 0 amide bonds. The minimum atomic E-state index is -0.873. The second kappa shape index (κ2) is 3.10. The first-order valence-electron chi connectivity index (χ1n) is 1.63. The van der Waals surface area contributed by atoms with Crippen molar-refractivity contribution in [3.8, 4) is 0 Å². The van der Waals surface area contributed by atoms with E-state index in [2.05, 4.69) is 4.74 Å². The quantitative estimate of drug-likeness (QED) is 0.414. The molecule has 0 unspecified atom stereocenters. The summed E-state index contributed by atoms with van der Waals surface area (Å²) in [4.78, 5) is 9.71. The van der Waals surface area contributed by atoms with Crippen molar-refractivity contribution in [1.29, 1.82) is 0 Å². The Morgan fingerprint density at radius 1 is 1.86 bits per heavy atom. The Morgan fingerprint density at radius 2 is 2.29 bits per heavy atom. The highest BCUT2D eigenvalue weighted by Crippen LogP contribution is 1.98. The van der Waals surface area contributed by atoms with E-state index >= 15 is 0 Å². The predicted molar refractivity (Wildman–Crippen MR) is 27.6 cm³/mol. The molecule has 0 bridgehead atoms. The van der Waals surface area contributed by atoms with Crippen molar-refractivity contribution < 1.29 is 9.53 Å². The Labute approximate surface area is 51.4 Å². The molecule has 0 aromatic heterocycles. The normalized spacial score (nSPS) is 13.0. The second-order valence-corrected chi connectivity index (χ2v) is 1.82. The van der Waals surface area contributed by atoms with Gasteiger partial charge in [-0.15, -0.1) is 0 Å². The predicted octanol–water partition coefficient (Wildman–Crippen LogP) is 1.95. The lowest BCUT2D eigenvalue weighted by Gasteiger charge is -1.97. The van der Waals surface area contributed by atoms with Gasteiger partial charge in [0, 0.05) is 11.6 Å². The fourth-order valence-corrected chi connectivity index (χ4v) is 0.388. The zero-order valence-corrected chi connectivity index (χ0v) is 5.16. The van der Waals surface area contributed by atoms with E-state index in [1.807, 2.05) is 0 Å². The zero-order valence-electron chi connectivity index (χ0n) is 3.65. The molecule has 0 fully saturated rings. The van der Waals surface area contributed by atoms with Gasteiger partial charge in [-0.1, -0.05) is 11.6 Å². The fraction of sp³-hybridized carbons (Fsp3) is 0.667. The highest BCUT2D eigenvalue weighted by Gasteiger charge is 1.98. The highest BCUT2D eigenvalue weighted by atomic mass is 35.5. The topological polar surface area (TPSA) is 26.3 Å². The van der Waals surface area contributed by atoms with Crippen LogP contribution in [0.25, 0.3) is 0 Å². The minimum absolute atomic E-state index is 0.634. The first kappa shape index (κ1) is 7.05.